The Balaban J connectivity index is 1.97. The highest BCUT2D eigenvalue weighted by Gasteiger charge is 2.14. The summed E-state index contributed by atoms with van der Waals surface area (Å²) in [6.07, 6.45) is 2.23. The van der Waals surface area contributed by atoms with Gasteiger partial charge in [0.15, 0.2) is 0 Å². The summed E-state index contributed by atoms with van der Waals surface area (Å²) in [4.78, 5) is 12.2. The van der Waals surface area contributed by atoms with Gasteiger partial charge in [-0.05, 0) is 35.4 Å². The number of carbonyl (C=O) groups is 1. The van der Waals surface area contributed by atoms with E-state index in [1.54, 1.807) is 0 Å². The van der Waals surface area contributed by atoms with Gasteiger partial charge in [-0.3, -0.25) is 4.79 Å². The molecule has 1 N–H and O–H groups in total. The van der Waals surface area contributed by atoms with E-state index < -0.39 is 0 Å². The van der Waals surface area contributed by atoms with Gasteiger partial charge in [0, 0.05) is 12.1 Å². The highest BCUT2D eigenvalue weighted by Crippen LogP contribution is 2.25. The van der Waals surface area contributed by atoms with Crippen LogP contribution in [0.5, 0.6) is 0 Å². The predicted octanol–water partition coefficient (Wildman–Crippen LogP) is 4.85. The molecule has 0 atom stereocenters. The normalized spacial score (nSPS) is 11.2. The summed E-state index contributed by atoms with van der Waals surface area (Å²) in [6.45, 7) is 6.63. The van der Waals surface area contributed by atoms with E-state index in [-0.39, 0.29) is 11.3 Å². The van der Waals surface area contributed by atoms with Gasteiger partial charge in [-0.25, -0.2) is 0 Å². The van der Waals surface area contributed by atoms with Crippen molar-refractivity contribution < 1.29 is 4.79 Å². The second-order valence-corrected chi connectivity index (χ2v) is 6.93. The van der Waals surface area contributed by atoms with Crippen LogP contribution in [0.1, 0.15) is 38.3 Å². The van der Waals surface area contributed by atoms with Crippen LogP contribution in [0, 0.1) is 5.41 Å². The molecule has 2 heteroatoms. The molecule has 2 aromatic rings. The smallest absolute Gasteiger partial charge is 0.224 e. The number of rotatable bonds is 5. The van der Waals surface area contributed by atoms with E-state index >= 15 is 0 Å². The Morgan fingerprint density at radius 2 is 1.59 bits per heavy atom. The van der Waals surface area contributed by atoms with Crippen molar-refractivity contribution in [2.45, 2.75) is 40.0 Å². The van der Waals surface area contributed by atoms with E-state index in [1.807, 2.05) is 36.4 Å². The molecule has 0 aromatic heterocycles. The zero-order chi connectivity index (χ0) is 16.0. The maximum absolute atomic E-state index is 12.2. The lowest BCUT2D eigenvalue weighted by Gasteiger charge is -2.20. The minimum Gasteiger partial charge on any atom is -0.326 e. The van der Waals surface area contributed by atoms with Crippen LogP contribution in [0.25, 0.3) is 0 Å². The highest BCUT2D eigenvalue weighted by molar-refractivity contribution is 5.91. The zero-order valence-corrected chi connectivity index (χ0v) is 13.7. The van der Waals surface area contributed by atoms with Gasteiger partial charge in [0.2, 0.25) is 5.91 Å². The van der Waals surface area contributed by atoms with Gasteiger partial charge in [0.05, 0.1) is 0 Å². The Hall–Kier alpha value is -2.09. The Morgan fingerprint density at radius 1 is 0.955 bits per heavy atom. The molecule has 116 valence electrons. The zero-order valence-electron chi connectivity index (χ0n) is 13.7. The lowest BCUT2D eigenvalue weighted by Crippen LogP contribution is -2.16. The molecule has 0 fully saturated rings. The first kappa shape index (κ1) is 16.3. The van der Waals surface area contributed by atoms with Crippen molar-refractivity contribution in [3.05, 3.63) is 65.7 Å². The van der Waals surface area contributed by atoms with Crippen molar-refractivity contribution in [1.29, 1.82) is 0 Å². The molecule has 0 heterocycles. The molecule has 2 aromatic carbocycles. The summed E-state index contributed by atoms with van der Waals surface area (Å²) in [5, 5.41) is 3.06. The first-order chi connectivity index (χ1) is 10.4. The Labute approximate surface area is 133 Å². The lowest BCUT2D eigenvalue weighted by atomic mass is 9.87. The van der Waals surface area contributed by atoms with Crippen molar-refractivity contribution in [2.75, 3.05) is 5.32 Å². The van der Waals surface area contributed by atoms with Gasteiger partial charge >= 0.3 is 0 Å². The van der Waals surface area contributed by atoms with Crippen LogP contribution in [-0.4, -0.2) is 5.91 Å². The summed E-state index contributed by atoms with van der Waals surface area (Å²) in [7, 11) is 0. The first-order valence-electron chi connectivity index (χ1n) is 7.86. The van der Waals surface area contributed by atoms with Gasteiger partial charge in [0.25, 0.3) is 0 Å². The maximum atomic E-state index is 12.2. The van der Waals surface area contributed by atoms with Crippen molar-refractivity contribution in [3.63, 3.8) is 0 Å². The standard InChI is InChI=1S/C20H25NO/c1-20(2,3)15-17-11-7-8-12-18(17)21-19(22)14-13-16-9-5-4-6-10-16/h4-12H,13-15H2,1-3H3,(H,21,22). The van der Waals surface area contributed by atoms with E-state index in [4.69, 9.17) is 0 Å². The second kappa shape index (κ2) is 7.26. The van der Waals surface area contributed by atoms with Crippen LogP contribution in [-0.2, 0) is 17.6 Å². The molecule has 2 rings (SSSR count). The number of nitrogens with one attached hydrogen (secondary N) is 1. The third-order valence-electron chi connectivity index (χ3n) is 3.50. The molecule has 0 unspecified atom stereocenters. The maximum Gasteiger partial charge on any atom is 0.224 e. The number of amides is 1. The summed E-state index contributed by atoms with van der Waals surface area (Å²) in [5.41, 5.74) is 3.53. The number of aryl methyl sites for hydroxylation is 1. The highest BCUT2D eigenvalue weighted by atomic mass is 16.1. The van der Waals surface area contributed by atoms with E-state index in [9.17, 15) is 4.79 Å². The predicted molar refractivity (Wildman–Crippen MR) is 93.0 cm³/mol. The van der Waals surface area contributed by atoms with Gasteiger partial charge in [-0.1, -0.05) is 69.3 Å². The fourth-order valence-corrected chi connectivity index (χ4v) is 2.48. The first-order valence-corrected chi connectivity index (χ1v) is 7.86. The molecule has 0 saturated heterocycles. The SMILES string of the molecule is CC(C)(C)Cc1ccccc1NC(=O)CCc1ccccc1. The molecule has 0 saturated carbocycles. The van der Waals surface area contributed by atoms with Crippen LogP contribution in [0.2, 0.25) is 0 Å². The molecule has 0 spiro atoms. The molecule has 0 aliphatic rings. The van der Waals surface area contributed by atoms with E-state index in [0.717, 1.165) is 18.5 Å². The van der Waals surface area contributed by atoms with Crippen molar-refractivity contribution in [3.8, 4) is 0 Å². The number of benzene rings is 2. The van der Waals surface area contributed by atoms with Gasteiger partial charge in [-0.15, -0.1) is 0 Å². The summed E-state index contributed by atoms with van der Waals surface area (Å²) in [5.74, 6) is 0.0743. The molecular weight excluding hydrogens is 270 g/mol. The van der Waals surface area contributed by atoms with Crippen molar-refractivity contribution in [2.24, 2.45) is 5.41 Å². The number of para-hydroxylation sites is 1. The summed E-state index contributed by atoms with van der Waals surface area (Å²) < 4.78 is 0. The molecule has 0 radical (unpaired) electrons. The molecule has 0 aliphatic heterocycles. The average molecular weight is 295 g/mol. The monoisotopic (exact) mass is 295 g/mol. The minimum absolute atomic E-state index is 0.0743. The molecule has 2 nitrogen and oxygen atoms in total. The number of hydrogen-bond donors (Lipinski definition) is 1. The van der Waals surface area contributed by atoms with Gasteiger partial charge < -0.3 is 5.32 Å². The molecule has 0 bridgehead atoms. The number of carbonyl (C=O) groups excluding carboxylic acids is 1. The van der Waals surface area contributed by atoms with Crippen molar-refractivity contribution in [1.82, 2.24) is 0 Å². The molecule has 0 aliphatic carbocycles. The average Bonchev–Trinajstić information content (AvgIpc) is 2.47. The number of hydrogen-bond acceptors (Lipinski definition) is 1. The fraction of sp³-hybridized carbons (Fsp3) is 0.350. The van der Waals surface area contributed by atoms with Crippen LogP contribution >= 0.6 is 0 Å². The third kappa shape index (κ3) is 5.36. The number of anilines is 1. The topological polar surface area (TPSA) is 29.1 Å². The van der Waals surface area contributed by atoms with Crippen LogP contribution in [0.3, 0.4) is 0 Å². The lowest BCUT2D eigenvalue weighted by molar-refractivity contribution is -0.116. The van der Waals surface area contributed by atoms with Crippen LogP contribution in [0.4, 0.5) is 5.69 Å². The van der Waals surface area contributed by atoms with Crippen LogP contribution < -0.4 is 5.32 Å². The van der Waals surface area contributed by atoms with E-state index in [2.05, 4.69) is 44.3 Å². The van der Waals surface area contributed by atoms with Crippen LogP contribution in [0.15, 0.2) is 54.6 Å². The Bertz CT molecular complexity index is 611. The molecular formula is C20H25NO. The second-order valence-electron chi connectivity index (χ2n) is 6.93. The molecule has 22 heavy (non-hydrogen) atoms. The van der Waals surface area contributed by atoms with Gasteiger partial charge in [-0.2, -0.15) is 0 Å². The van der Waals surface area contributed by atoms with E-state index in [0.29, 0.717) is 6.42 Å². The van der Waals surface area contributed by atoms with Crippen molar-refractivity contribution >= 4 is 11.6 Å². The Kier molecular flexibility index (Phi) is 5.37. The van der Waals surface area contributed by atoms with Gasteiger partial charge in [0.1, 0.15) is 0 Å². The fourth-order valence-electron chi connectivity index (χ4n) is 2.48. The quantitative estimate of drug-likeness (QED) is 0.839. The summed E-state index contributed by atoms with van der Waals surface area (Å²) >= 11 is 0. The third-order valence-corrected chi connectivity index (χ3v) is 3.50. The molecule has 1 amide bonds. The largest absolute Gasteiger partial charge is 0.326 e. The Morgan fingerprint density at radius 3 is 2.27 bits per heavy atom. The van der Waals surface area contributed by atoms with E-state index in [1.165, 1.54) is 11.1 Å². The summed E-state index contributed by atoms with van der Waals surface area (Å²) in [6, 6.07) is 18.2. The minimum atomic E-state index is 0.0743.